The Labute approximate surface area is 227 Å². The number of likely N-dealkylation sites (tertiary alicyclic amines) is 1. The molecule has 0 spiro atoms. The predicted molar refractivity (Wildman–Crippen MR) is 136 cm³/mol. The van der Waals surface area contributed by atoms with E-state index in [1.807, 2.05) is 0 Å². The van der Waals surface area contributed by atoms with Crippen molar-refractivity contribution in [3.05, 3.63) is 69.2 Å². The third-order valence-electron chi connectivity index (χ3n) is 6.59. The molecule has 0 saturated carbocycles. The number of rotatable bonds is 4. The minimum atomic E-state index is -4.59. The first-order valence-electron chi connectivity index (χ1n) is 11.6. The Kier molecular flexibility index (Phi) is 7.06. The van der Waals surface area contributed by atoms with Crippen LogP contribution in [0.1, 0.15) is 23.1 Å². The van der Waals surface area contributed by atoms with Gasteiger partial charge in [0.05, 0.1) is 41.3 Å². The number of nitrogens with zero attached hydrogens (tertiary/aromatic N) is 4. The average molecular weight is 583 g/mol. The van der Waals surface area contributed by atoms with E-state index >= 15 is 0 Å². The smallest absolute Gasteiger partial charge is 0.416 e. The van der Waals surface area contributed by atoms with Crippen molar-refractivity contribution in [2.45, 2.75) is 31.4 Å². The van der Waals surface area contributed by atoms with Gasteiger partial charge < -0.3 is 10.0 Å². The van der Waals surface area contributed by atoms with E-state index in [0.717, 1.165) is 15.9 Å². The summed E-state index contributed by atoms with van der Waals surface area (Å²) in [4.78, 5) is 38.5. The molecule has 3 amide bonds. The number of hydrogen-bond donors (Lipinski definition) is 1. The van der Waals surface area contributed by atoms with Gasteiger partial charge in [-0.25, -0.2) is 9.18 Å². The van der Waals surface area contributed by atoms with Crippen molar-refractivity contribution in [3.8, 4) is 0 Å². The van der Waals surface area contributed by atoms with Crippen LogP contribution in [0.3, 0.4) is 0 Å². The van der Waals surface area contributed by atoms with Crippen LogP contribution >= 0.6 is 23.4 Å². The number of halogens is 5. The number of carboxylic acid groups (broad SMARTS) is 1. The lowest BCUT2D eigenvalue weighted by Gasteiger charge is -2.36. The quantitative estimate of drug-likeness (QED) is 0.305. The van der Waals surface area contributed by atoms with Crippen molar-refractivity contribution < 1.29 is 37.1 Å². The predicted octanol–water partition coefficient (Wildman–Crippen LogP) is 5.88. The molecular weight excluding hydrogens is 564 g/mol. The first kappa shape index (κ1) is 27.0. The summed E-state index contributed by atoms with van der Waals surface area (Å²) in [5, 5.41) is 13.2. The Morgan fingerprint density at radius 1 is 1.21 bits per heavy atom. The van der Waals surface area contributed by atoms with Gasteiger partial charge in [-0.05, 0) is 59.7 Å². The van der Waals surface area contributed by atoms with Crippen molar-refractivity contribution >= 4 is 57.6 Å². The van der Waals surface area contributed by atoms with Crippen molar-refractivity contribution in [1.29, 1.82) is 0 Å². The highest BCUT2D eigenvalue weighted by Crippen LogP contribution is 2.37. The molecule has 0 unspecified atom stereocenters. The first-order valence-corrected chi connectivity index (χ1v) is 12.8. The molecule has 14 heteroatoms. The molecule has 0 bridgehead atoms. The van der Waals surface area contributed by atoms with Crippen LogP contribution < -0.4 is 0 Å². The van der Waals surface area contributed by atoms with Crippen LogP contribution in [0, 0.1) is 0 Å². The van der Waals surface area contributed by atoms with Crippen LogP contribution in [0.25, 0.3) is 17.0 Å². The van der Waals surface area contributed by atoms with E-state index in [2.05, 4.69) is 5.10 Å². The summed E-state index contributed by atoms with van der Waals surface area (Å²) in [5.74, 6) is -0.667. The molecule has 204 valence electrons. The van der Waals surface area contributed by atoms with Crippen molar-refractivity contribution in [3.63, 3.8) is 0 Å². The molecule has 0 aliphatic carbocycles. The molecule has 3 heterocycles. The lowest BCUT2D eigenvalue weighted by atomic mass is 10.0. The van der Waals surface area contributed by atoms with Gasteiger partial charge in [0.15, 0.2) is 0 Å². The van der Waals surface area contributed by atoms with Crippen molar-refractivity contribution in [2.75, 3.05) is 13.1 Å². The largest absolute Gasteiger partial charge is 0.465 e. The van der Waals surface area contributed by atoms with Gasteiger partial charge in [0, 0.05) is 17.0 Å². The zero-order valence-electron chi connectivity index (χ0n) is 19.9. The molecule has 1 aromatic heterocycles. The normalized spacial score (nSPS) is 21.4. The Bertz CT molecular complexity index is 1530. The molecule has 2 fully saturated rings. The summed E-state index contributed by atoms with van der Waals surface area (Å²) in [5.41, 5.74) is 0.228. The number of thioether (sulfide) groups is 1. The van der Waals surface area contributed by atoms with Crippen LogP contribution in [0.15, 0.2) is 47.5 Å². The second kappa shape index (κ2) is 10.2. The second-order valence-corrected chi connectivity index (χ2v) is 10.5. The van der Waals surface area contributed by atoms with E-state index in [0.29, 0.717) is 28.2 Å². The number of hydrogen-bond acceptors (Lipinski definition) is 5. The number of aromatic nitrogens is 2. The van der Waals surface area contributed by atoms with E-state index in [-0.39, 0.29) is 35.0 Å². The van der Waals surface area contributed by atoms with E-state index in [9.17, 15) is 31.9 Å². The van der Waals surface area contributed by atoms with Crippen molar-refractivity contribution in [1.82, 2.24) is 19.6 Å². The third kappa shape index (κ3) is 5.33. The van der Waals surface area contributed by atoms with Crippen LogP contribution in [-0.4, -0.2) is 67.2 Å². The third-order valence-corrected chi connectivity index (χ3v) is 7.71. The van der Waals surface area contributed by atoms with E-state index in [1.54, 1.807) is 18.2 Å². The fourth-order valence-corrected chi connectivity index (χ4v) is 5.76. The Morgan fingerprint density at radius 3 is 2.67 bits per heavy atom. The van der Waals surface area contributed by atoms with Crippen LogP contribution in [-0.2, 0) is 17.5 Å². The summed E-state index contributed by atoms with van der Waals surface area (Å²) >= 11 is 6.42. The lowest BCUT2D eigenvalue weighted by molar-refractivity contribution is -0.138. The van der Waals surface area contributed by atoms with Gasteiger partial charge in [0.25, 0.3) is 11.1 Å². The van der Waals surface area contributed by atoms with Gasteiger partial charge in [0.2, 0.25) is 0 Å². The molecule has 3 aromatic rings. The molecule has 2 aliphatic rings. The van der Waals surface area contributed by atoms with Gasteiger partial charge in [-0.3, -0.25) is 19.2 Å². The zero-order chi connectivity index (χ0) is 28.1. The highest BCUT2D eigenvalue weighted by molar-refractivity contribution is 8.18. The summed E-state index contributed by atoms with van der Waals surface area (Å²) in [6.45, 7) is -0.580. The van der Waals surface area contributed by atoms with Crippen LogP contribution in [0.4, 0.5) is 27.2 Å². The Hall–Kier alpha value is -3.58. The van der Waals surface area contributed by atoms with E-state index in [1.165, 1.54) is 29.1 Å². The molecule has 2 saturated heterocycles. The molecule has 2 atom stereocenters. The molecule has 0 radical (unpaired) electrons. The van der Waals surface area contributed by atoms with Gasteiger partial charge in [-0.2, -0.15) is 18.3 Å². The summed E-state index contributed by atoms with van der Waals surface area (Å²) in [6.07, 6.45) is -4.61. The van der Waals surface area contributed by atoms with Crippen LogP contribution in [0.2, 0.25) is 5.02 Å². The van der Waals surface area contributed by atoms with Crippen LogP contribution in [0.5, 0.6) is 0 Å². The first-order chi connectivity index (χ1) is 18.4. The molecule has 8 nitrogen and oxygen atoms in total. The number of amides is 3. The number of alkyl halides is 4. The van der Waals surface area contributed by atoms with Gasteiger partial charge >= 0.3 is 12.3 Å². The number of piperidine rings is 1. The number of imide groups is 1. The fraction of sp³-hybridized carbons (Fsp3) is 0.280. The molecule has 2 aliphatic heterocycles. The van der Waals surface area contributed by atoms with E-state index < -0.39 is 47.7 Å². The number of carbonyl (C=O) groups is 3. The summed E-state index contributed by atoms with van der Waals surface area (Å²) in [6, 6.07) is 7.43. The SMILES string of the molecule is O=C(O)N1CC[C@@H](N2C(=O)S/C(=C\c3ccc4c(cnn4Cc4ccc(Cl)cc4C(F)(F)F)c3)C2=O)[C@H](F)C1. The molecule has 5 rings (SSSR count). The number of carbonyl (C=O) groups excluding carboxylic acids is 2. The number of fused-ring (bicyclic) bond motifs is 1. The average Bonchev–Trinajstić information content (AvgIpc) is 3.38. The molecule has 1 N–H and O–H groups in total. The molecule has 2 aromatic carbocycles. The summed E-state index contributed by atoms with van der Waals surface area (Å²) < 4.78 is 56.6. The minimum Gasteiger partial charge on any atom is -0.465 e. The van der Waals surface area contributed by atoms with Gasteiger partial charge in [-0.1, -0.05) is 23.7 Å². The highest BCUT2D eigenvalue weighted by atomic mass is 35.5. The molecular formula is C25H19ClF4N4O4S. The maximum Gasteiger partial charge on any atom is 0.416 e. The number of benzene rings is 2. The van der Waals surface area contributed by atoms with Gasteiger partial charge in [0.1, 0.15) is 6.17 Å². The maximum atomic E-state index is 14.7. The fourth-order valence-electron chi connectivity index (χ4n) is 4.71. The monoisotopic (exact) mass is 582 g/mol. The highest BCUT2D eigenvalue weighted by Gasteiger charge is 2.45. The summed E-state index contributed by atoms with van der Waals surface area (Å²) in [7, 11) is 0. The topological polar surface area (TPSA) is 95.7 Å². The minimum absolute atomic E-state index is 0.00232. The Balaban J connectivity index is 1.36. The standard InChI is InChI=1S/C25H19ClF4N4O4S/c26-16-3-2-14(17(9-16)25(28,29)30)11-33-19-4-1-13(7-15(19)10-31-33)8-21-22(35)34(24(38)39-21)20-5-6-32(23(36)37)12-18(20)27/h1-4,7-10,18,20H,5-6,11-12H2,(H,36,37)/b21-8-/t18-,20-/m1/s1. The molecule has 39 heavy (non-hydrogen) atoms. The Morgan fingerprint density at radius 2 is 1.97 bits per heavy atom. The lowest BCUT2D eigenvalue weighted by Crippen LogP contribution is -2.54. The van der Waals surface area contributed by atoms with E-state index in [4.69, 9.17) is 16.7 Å². The maximum absolute atomic E-state index is 14.7. The van der Waals surface area contributed by atoms with Gasteiger partial charge in [-0.15, -0.1) is 0 Å². The van der Waals surface area contributed by atoms with Crippen molar-refractivity contribution in [2.24, 2.45) is 0 Å². The second-order valence-electron chi connectivity index (χ2n) is 9.07. The zero-order valence-corrected chi connectivity index (χ0v) is 21.4.